The van der Waals surface area contributed by atoms with Gasteiger partial charge in [0.2, 0.25) is 17.7 Å². The molecule has 2 saturated carbocycles. The molecule has 1 saturated heterocycles. The maximum atomic E-state index is 12.6. The highest BCUT2D eigenvalue weighted by atomic mass is 16.2. The fraction of sp³-hybridized carbons (Fsp3) is 0.722. The molecule has 124 valence electrons. The monoisotopic (exact) mass is 316 g/mol. The van der Waals surface area contributed by atoms with Crippen molar-refractivity contribution in [3.63, 3.8) is 0 Å². The molecule has 0 aromatic carbocycles. The SMILES string of the molecule is O=C(CN1C(=O)C2C3C=CC(C3)C2C1=O)NC1CCCCCC1. The molecule has 5 heteroatoms. The van der Waals surface area contributed by atoms with Gasteiger partial charge < -0.3 is 5.32 Å². The summed E-state index contributed by atoms with van der Waals surface area (Å²) in [4.78, 5) is 38.6. The first-order chi connectivity index (χ1) is 11.1. The molecule has 1 heterocycles. The second-order valence-corrected chi connectivity index (χ2v) is 7.52. The van der Waals surface area contributed by atoms with E-state index in [-0.39, 0.29) is 54.0 Å². The summed E-state index contributed by atoms with van der Waals surface area (Å²) in [7, 11) is 0. The predicted molar refractivity (Wildman–Crippen MR) is 84.1 cm³/mol. The number of rotatable bonds is 3. The maximum Gasteiger partial charge on any atom is 0.240 e. The van der Waals surface area contributed by atoms with E-state index >= 15 is 0 Å². The molecule has 0 aromatic heterocycles. The van der Waals surface area contributed by atoms with Crippen LogP contribution in [0.5, 0.6) is 0 Å². The van der Waals surface area contributed by atoms with E-state index in [4.69, 9.17) is 0 Å². The molecule has 0 spiro atoms. The summed E-state index contributed by atoms with van der Waals surface area (Å²) in [6, 6.07) is 0.204. The van der Waals surface area contributed by atoms with Crippen molar-refractivity contribution in [3.05, 3.63) is 12.2 Å². The van der Waals surface area contributed by atoms with Crippen molar-refractivity contribution in [3.8, 4) is 0 Å². The molecule has 1 aliphatic heterocycles. The van der Waals surface area contributed by atoms with E-state index in [1.807, 2.05) is 0 Å². The van der Waals surface area contributed by atoms with Crippen LogP contribution in [0.1, 0.15) is 44.9 Å². The lowest BCUT2D eigenvalue weighted by molar-refractivity contribution is -0.144. The van der Waals surface area contributed by atoms with E-state index in [0.29, 0.717) is 0 Å². The van der Waals surface area contributed by atoms with Gasteiger partial charge >= 0.3 is 0 Å². The Morgan fingerprint density at radius 3 is 2.13 bits per heavy atom. The Balaban J connectivity index is 1.38. The number of fused-ring (bicyclic) bond motifs is 5. The van der Waals surface area contributed by atoms with Crippen LogP contribution in [-0.4, -0.2) is 35.2 Å². The molecule has 4 unspecified atom stereocenters. The van der Waals surface area contributed by atoms with Crippen LogP contribution in [-0.2, 0) is 14.4 Å². The number of carbonyl (C=O) groups is 3. The Morgan fingerprint density at radius 2 is 1.57 bits per heavy atom. The van der Waals surface area contributed by atoms with Gasteiger partial charge in [-0.25, -0.2) is 0 Å². The first-order valence-electron chi connectivity index (χ1n) is 8.98. The summed E-state index contributed by atoms with van der Waals surface area (Å²) < 4.78 is 0. The van der Waals surface area contributed by atoms with Crippen LogP contribution >= 0.6 is 0 Å². The van der Waals surface area contributed by atoms with Gasteiger partial charge in [0.05, 0.1) is 11.8 Å². The largest absolute Gasteiger partial charge is 0.352 e. The summed E-state index contributed by atoms with van der Waals surface area (Å²) >= 11 is 0. The van der Waals surface area contributed by atoms with Gasteiger partial charge in [0, 0.05) is 6.04 Å². The molecule has 2 bridgehead atoms. The first kappa shape index (κ1) is 14.9. The van der Waals surface area contributed by atoms with Crippen LogP contribution in [0.2, 0.25) is 0 Å². The third kappa shape index (κ3) is 2.50. The molecule has 0 aromatic rings. The van der Waals surface area contributed by atoms with Gasteiger partial charge in [0.1, 0.15) is 6.54 Å². The highest BCUT2D eigenvalue weighted by molar-refractivity contribution is 6.08. The van der Waals surface area contributed by atoms with Gasteiger partial charge in [-0.05, 0) is 31.1 Å². The van der Waals surface area contributed by atoms with Crippen molar-refractivity contribution in [2.45, 2.75) is 51.0 Å². The van der Waals surface area contributed by atoms with Crippen LogP contribution in [0.15, 0.2) is 12.2 Å². The zero-order valence-corrected chi connectivity index (χ0v) is 13.4. The minimum absolute atomic E-state index is 0.0966. The molecular weight excluding hydrogens is 292 g/mol. The van der Waals surface area contributed by atoms with E-state index in [0.717, 1.165) is 32.1 Å². The van der Waals surface area contributed by atoms with Crippen LogP contribution < -0.4 is 5.32 Å². The van der Waals surface area contributed by atoms with Crippen LogP contribution in [0.25, 0.3) is 0 Å². The lowest BCUT2D eigenvalue weighted by Gasteiger charge is -2.20. The van der Waals surface area contributed by atoms with Gasteiger partial charge in [-0.1, -0.05) is 37.8 Å². The minimum Gasteiger partial charge on any atom is -0.352 e. The molecule has 4 rings (SSSR count). The molecule has 4 aliphatic rings. The van der Waals surface area contributed by atoms with Crippen LogP contribution in [0, 0.1) is 23.7 Å². The molecule has 0 radical (unpaired) electrons. The molecule has 5 nitrogen and oxygen atoms in total. The normalized spacial score (nSPS) is 36.4. The Hall–Kier alpha value is -1.65. The van der Waals surface area contributed by atoms with Crippen molar-refractivity contribution >= 4 is 17.7 Å². The minimum atomic E-state index is -0.205. The predicted octanol–water partition coefficient (Wildman–Crippen LogP) is 1.63. The summed E-state index contributed by atoms with van der Waals surface area (Å²) in [5.41, 5.74) is 0. The maximum absolute atomic E-state index is 12.6. The summed E-state index contributed by atoms with van der Waals surface area (Å²) in [6.07, 6.45) is 11.8. The third-order valence-electron chi connectivity index (χ3n) is 6.08. The van der Waals surface area contributed by atoms with Crippen LogP contribution in [0.4, 0.5) is 0 Å². The summed E-state index contributed by atoms with van der Waals surface area (Å²) in [5.74, 6) is -0.446. The molecule has 3 fully saturated rings. The number of hydrogen-bond acceptors (Lipinski definition) is 3. The standard InChI is InChI=1S/C18H24N2O3/c21-14(19-13-5-3-1-2-4-6-13)10-20-17(22)15-11-7-8-12(9-11)16(15)18(20)23/h7-8,11-13,15-16H,1-6,9-10H2,(H,19,21). The van der Waals surface area contributed by atoms with Crippen LogP contribution in [0.3, 0.4) is 0 Å². The Morgan fingerprint density at radius 1 is 1.00 bits per heavy atom. The number of nitrogens with zero attached hydrogens (tertiary/aromatic N) is 1. The van der Waals surface area contributed by atoms with Crippen molar-refractivity contribution in [1.29, 1.82) is 0 Å². The number of likely N-dealkylation sites (tertiary alicyclic amines) is 1. The number of hydrogen-bond donors (Lipinski definition) is 1. The Labute approximate surface area is 136 Å². The smallest absolute Gasteiger partial charge is 0.240 e. The Kier molecular flexibility index (Phi) is 3.74. The summed E-state index contributed by atoms with van der Waals surface area (Å²) in [5, 5.41) is 3.03. The molecule has 3 aliphatic carbocycles. The average Bonchev–Trinajstić information content (AvgIpc) is 3.13. The number of amides is 3. The molecule has 3 amide bonds. The van der Waals surface area contributed by atoms with E-state index in [1.54, 1.807) is 0 Å². The second-order valence-electron chi connectivity index (χ2n) is 7.52. The van der Waals surface area contributed by atoms with Crippen molar-refractivity contribution in [1.82, 2.24) is 10.2 Å². The highest BCUT2D eigenvalue weighted by Crippen LogP contribution is 2.52. The number of carbonyl (C=O) groups excluding carboxylic acids is 3. The fourth-order valence-corrected chi connectivity index (χ4v) is 4.96. The summed E-state index contributed by atoms with van der Waals surface area (Å²) in [6.45, 7) is -0.0966. The van der Waals surface area contributed by atoms with E-state index in [1.165, 1.54) is 17.7 Å². The zero-order chi connectivity index (χ0) is 16.0. The van der Waals surface area contributed by atoms with E-state index in [2.05, 4.69) is 17.5 Å². The van der Waals surface area contributed by atoms with Gasteiger partial charge in [-0.2, -0.15) is 0 Å². The number of allylic oxidation sites excluding steroid dienone is 2. The van der Waals surface area contributed by atoms with Gasteiger partial charge in [0.15, 0.2) is 0 Å². The molecular formula is C18H24N2O3. The lowest BCUT2D eigenvalue weighted by Crippen LogP contribution is -2.44. The van der Waals surface area contributed by atoms with Crippen molar-refractivity contribution < 1.29 is 14.4 Å². The van der Waals surface area contributed by atoms with Crippen molar-refractivity contribution in [2.75, 3.05) is 6.54 Å². The Bertz CT molecular complexity index is 533. The van der Waals surface area contributed by atoms with Gasteiger partial charge in [0.25, 0.3) is 0 Å². The molecule has 1 N–H and O–H groups in total. The molecule has 4 atom stereocenters. The highest BCUT2D eigenvalue weighted by Gasteiger charge is 2.59. The van der Waals surface area contributed by atoms with Crippen molar-refractivity contribution in [2.24, 2.45) is 23.7 Å². The number of nitrogens with one attached hydrogen (secondary N) is 1. The van der Waals surface area contributed by atoms with Gasteiger partial charge in [-0.15, -0.1) is 0 Å². The number of imide groups is 1. The first-order valence-corrected chi connectivity index (χ1v) is 8.98. The fourth-order valence-electron chi connectivity index (χ4n) is 4.96. The topological polar surface area (TPSA) is 66.5 Å². The molecule has 23 heavy (non-hydrogen) atoms. The average molecular weight is 316 g/mol. The second kappa shape index (κ2) is 5.77. The van der Waals surface area contributed by atoms with E-state index < -0.39 is 0 Å². The van der Waals surface area contributed by atoms with E-state index in [9.17, 15) is 14.4 Å². The lowest BCUT2D eigenvalue weighted by atomic mass is 9.85. The van der Waals surface area contributed by atoms with Gasteiger partial charge in [-0.3, -0.25) is 19.3 Å². The zero-order valence-electron chi connectivity index (χ0n) is 13.4. The third-order valence-corrected chi connectivity index (χ3v) is 6.08. The quantitative estimate of drug-likeness (QED) is 0.489.